The largest absolute Gasteiger partial charge is 0.317 e. The Balaban J connectivity index is 2.08. The van der Waals surface area contributed by atoms with Crippen LogP contribution in [0.4, 0.5) is 0 Å². The standard InChI is InChI=1S/C15H19N3O/c1-2-18-10-17-14-4-3-12(9-13(14)15(18)19)11-5-7-16-8-6-11/h3-4,9-11,16H,2,5-8H2,1H3. The van der Waals surface area contributed by atoms with E-state index in [2.05, 4.69) is 16.4 Å². The van der Waals surface area contributed by atoms with Crippen LogP contribution in [0, 0.1) is 0 Å². The van der Waals surface area contributed by atoms with Crippen LogP contribution in [0.25, 0.3) is 10.9 Å². The zero-order chi connectivity index (χ0) is 13.2. The zero-order valence-corrected chi connectivity index (χ0v) is 11.2. The minimum absolute atomic E-state index is 0.0725. The van der Waals surface area contributed by atoms with Crippen molar-refractivity contribution >= 4 is 10.9 Å². The van der Waals surface area contributed by atoms with Crippen molar-refractivity contribution in [1.82, 2.24) is 14.9 Å². The molecule has 1 aliphatic rings. The lowest BCUT2D eigenvalue weighted by molar-refractivity contribution is 0.460. The highest BCUT2D eigenvalue weighted by Crippen LogP contribution is 2.26. The van der Waals surface area contributed by atoms with Gasteiger partial charge in [-0.15, -0.1) is 0 Å². The van der Waals surface area contributed by atoms with E-state index in [1.165, 1.54) is 5.56 Å². The van der Waals surface area contributed by atoms with Crippen molar-refractivity contribution in [3.8, 4) is 0 Å². The zero-order valence-electron chi connectivity index (χ0n) is 11.2. The number of nitrogens with zero attached hydrogens (tertiary/aromatic N) is 2. The molecule has 0 aliphatic carbocycles. The molecule has 19 heavy (non-hydrogen) atoms. The molecular formula is C15H19N3O. The van der Waals surface area contributed by atoms with Crippen molar-refractivity contribution in [2.75, 3.05) is 13.1 Å². The molecule has 0 radical (unpaired) electrons. The van der Waals surface area contributed by atoms with Crippen LogP contribution in [-0.2, 0) is 6.54 Å². The van der Waals surface area contributed by atoms with Crippen molar-refractivity contribution in [1.29, 1.82) is 0 Å². The number of benzene rings is 1. The maximum absolute atomic E-state index is 12.3. The molecule has 0 bridgehead atoms. The number of hydrogen-bond donors (Lipinski definition) is 1. The molecule has 0 atom stereocenters. The molecule has 0 saturated carbocycles. The average Bonchev–Trinajstić information content (AvgIpc) is 2.48. The maximum Gasteiger partial charge on any atom is 0.261 e. The average molecular weight is 257 g/mol. The van der Waals surface area contributed by atoms with Crippen LogP contribution >= 0.6 is 0 Å². The van der Waals surface area contributed by atoms with Crippen LogP contribution in [-0.4, -0.2) is 22.6 Å². The Morgan fingerprint density at radius 2 is 2.16 bits per heavy atom. The Morgan fingerprint density at radius 1 is 1.37 bits per heavy atom. The van der Waals surface area contributed by atoms with E-state index in [9.17, 15) is 4.79 Å². The molecule has 100 valence electrons. The van der Waals surface area contributed by atoms with Crippen LogP contribution in [0.1, 0.15) is 31.2 Å². The normalized spacial score (nSPS) is 16.9. The summed E-state index contributed by atoms with van der Waals surface area (Å²) < 4.78 is 1.66. The number of piperidine rings is 1. The summed E-state index contributed by atoms with van der Waals surface area (Å²) in [4.78, 5) is 16.7. The number of aryl methyl sites for hydroxylation is 1. The summed E-state index contributed by atoms with van der Waals surface area (Å²) in [6.07, 6.45) is 3.93. The fraction of sp³-hybridized carbons (Fsp3) is 0.467. The minimum Gasteiger partial charge on any atom is -0.317 e. The van der Waals surface area contributed by atoms with Gasteiger partial charge in [-0.3, -0.25) is 9.36 Å². The molecule has 1 aromatic carbocycles. The minimum atomic E-state index is 0.0725. The van der Waals surface area contributed by atoms with Gasteiger partial charge in [-0.25, -0.2) is 4.98 Å². The lowest BCUT2D eigenvalue weighted by Gasteiger charge is -2.23. The second-order valence-electron chi connectivity index (χ2n) is 5.14. The number of hydrogen-bond acceptors (Lipinski definition) is 3. The fourth-order valence-corrected chi connectivity index (χ4v) is 2.81. The van der Waals surface area contributed by atoms with Crippen LogP contribution < -0.4 is 10.9 Å². The summed E-state index contributed by atoms with van der Waals surface area (Å²) in [6.45, 7) is 4.76. The van der Waals surface area contributed by atoms with Crippen molar-refractivity contribution < 1.29 is 0 Å². The Labute approximate surface area is 112 Å². The highest BCUT2D eigenvalue weighted by molar-refractivity contribution is 5.78. The molecule has 2 aromatic rings. The van der Waals surface area contributed by atoms with Gasteiger partial charge in [0.25, 0.3) is 5.56 Å². The predicted molar refractivity (Wildman–Crippen MR) is 76.5 cm³/mol. The molecule has 2 heterocycles. The van der Waals surface area contributed by atoms with Gasteiger partial charge in [-0.05, 0) is 56.5 Å². The maximum atomic E-state index is 12.3. The predicted octanol–water partition coefficient (Wildman–Crippen LogP) is 1.88. The lowest BCUT2D eigenvalue weighted by atomic mass is 9.89. The van der Waals surface area contributed by atoms with E-state index in [0.717, 1.165) is 36.8 Å². The smallest absolute Gasteiger partial charge is 0.261 e. The van der Waals surface area contributed by atoms with Gasteiger partial charge in [0.1, 0.15) is 0 Å². The third kappa shape index (κ3) is 2.28. The molecule has 0 amide bonds. The second kappa shape index (κ2) is 5.13. The molecule has 4 nitrogen and oxygen atoms in total. The van der Waals surface area contributed by atoms with E-state index in [0.29, 0.717) is 12.5 Å². The molecule has 0 spiro atoms. The lowest BCUT2D eigenvalue weighted by Crippen LogP contribution is -2.26. The number of aromatic nitrogens is 2. The van der Waals surface area contributed by atoms with Gasteiger partial charge < -0.3 is 5.32 Å². The second-order valence-corrected chi connectivity index (χ2v) is 5.14. The first-order valence-corrected chi connectivity index (χ1v) is 6.99. The van der Waals surface area contributed by atoms with E-state index in [1.54, 1.807) is 10.9 Å². The molecule has 1 fully saturated rings. The molecular weight excluding hydrogens is 238 g/mol. The van der Waals surface area contributed by atoms with Gasteiger partial charge >= 0.3 is 0 Å². The van der Waals surface area contributed by atoms with Crippen LogP contribution in [0.5, 0.6) is 0 Å². The Morgan fingerprint density at radius 3 is 2.89 bits per heavy atom. The molecule has 1 aromatic heterocycles. The highest BCUT2D eigenvalue weighted by Gasteiger charge is 2.16. The summed E-state index contributed by atoms with van der Waals surface area (Å²) >= 11 is 0. The van der Waals surface area contributed by atoms with Crippen molar-refractivity contribution in [3.63, 3.8) is 0 Å². The molecule has 3 rings (SSSR count). The molecule has 0 unspecified atom stereocenters. The molecule has 1 N–H and O–H groups in total. The van der Waals surface area contributed by atoms with Gasteiger partial charge in [-0.1, -0.05) is 6.07 Å². The van der Waals surface area contributed by atoms with E-state index < -0.39 is 0 Å². The third-order valence-electron chi connectivity index (χ3n) is 4.00. The quantitative estimate of drug-likeness (QED) is 0.893. The van der Waals surface area contributed by atoms with Crippen LogP contribution in [0.3, 0.4) is 0 Å². The summed E-state index contributed by atoms with van der Waals surface area (Å²) in [5.74, 6) is 0.570. The summed E-state index contributed by atoms with van der Waals surface area (Å²) in [5.41, 5.74) is 2.15. The first-order valence-electron chi connectivity index (χ1n) is 6.99. The van der Waals surface area contributed by atoms with Crippen LogP contribution in [0.2, 0.25) is 0 Å². The SMILES string of the molecule is CCn1cnc2ccc(C3CCNCC3)cc2c1=O. The van der Waals surface area contributed by atoms with Crippen LogP contribution in [0.15, 0.2) is 29.3 Å². The Hall–Kier alpha value is -1.68. The number of rotatable bonds is 2. The van der Waals surface area contributed by atoms with Gasteiger partial charge in [0.15, 0.2) is 0 Å². The highest BCUT2D eigenvalue weighted by atomic mass is 16.1. The van der Waals surface area contributed by atoms with E-state index in [1.807, 2.05) is 19.1 Å². The van der Waals surface area contributed by atoms with Crippen molar-refractivity contribution in [2.24, 2.45) is 0 Å². The Bertz CT molecular complexity index is 641. The van der Waals surface area contributed by atoms with E-state index in [-0.39, 0.29) is 5.56 Å². The summed E-state index contributed by atoms with van der Waals surface area (Å²) in [5, 5.41) is 4.12. The van der Waals surface area contributed by atoms with Gasteiger partial charge in [0, 0.05) is 6.54 Å². The van der Waals surface area contributed by atoms with Crippen molar-refractivity contribution in [3.05, 3.63) is 40.4 Å². The fourth-order valence-electron chi connectivity index (χ4n) is 2.81. The summed E-state index contributed by atoms with van der Waals surface area (Å²) in [6, 6.07) is 6.15. The monoisotopic (exact) mass is 257 g/mol. The number of fused-ring (bicyclic) bond motifs is 1. The topological polar surface area (TPSA) is 46.9 Å². The Kier molecular flexibility index (Phi) is 3.34. The molecule has 1 saturated heterocycles. The van der Waals surface area contributed by atoms with Gasteiger partial charge in [-0.2, -0.15) is 0 Å². The molecule has 1 aliphatic heterocycles. The molecule has 4 heteroatoms. The van der Waals surface area contributed by atoms with Gasteiger partial charge in [0.2, 0.25) is 0 Å². The third-order valence-corrected chi connectivity index (χ3v) is 4.00. The van der Waals surface area contributed by atoms with Crippen molar-refractivity contribution in [2.45, 2.75) is 32.2 Å². The first kappa shape index (κ1) is 12.4. The van der Waals surface area contributed by atoms with Gasteiger partial charge in [0.05, 0.1) is 17.2 Å². The van der Waals surface area contributed by atoms with E-state index >= 15 is 0 Å². The van der Waals surface area contributed by atoms with E-state index in [4.69, 9.17) is 0 Å². The first-order chi connectivity index (χ1) is 9.29. The summed E-state index contributed by atoms with van der Waals surface area (Å²) in [7, 11) is 0. The number of nitrogens with one attached hydrogen (secondary N) is 1.